The summed E-state index contributed by atoms with van der Waals surface area (Å²) in [4.78, 5) is 12.2. The number of carbonyl (C=O) groups excluding carboxylic acids is 1. The number of ether oxygens (including phenoxy) is 1. The summed E-state index contributed by atoms with van der Waals surface area (Å²) in [6.45, 7) is 1.17. The highest BCUT2D eigenvalue weighted by Crippen LogP contribution is 2.23. The number of amides is 1. The number of alkyl halides is 1. The predicted molar refractivity (Wildman–Crippen MR) is 75.1 cm³/mol. The van der Waals surface area contributed by atoms with Crippen LogP contribution in [0.25, 0.3) is 0 Å². The van der Waals surface area contributed by atoms with Crippen molar-refractivity contribution in [2.45, 2.75) is 18.4 Å². The molecule has 1 aromatic carbocycles. The molecule has 104 valence electrons. The molecule has 2 rings (SSSR count). The number of hydrogen-bond donors (Lipinski definition) is 1. The lowest BCUT2D eigenvalue weighted by Crippen LogP contribution is -2.53. The second kappa shape index (κ2) is 6.20. The molecule has 0 aromatic heterocycles. The zero-order valence-electron chi connectivity index (χ0n) is 10.2. The van der Waals surface area contributed by atoms with E-state index in [1.54, 1.807) is 0 Å². The first kappa shape index (κ1) is 14.8. The van der Waals surface area contributed by atoms with E-state index in [2.05, 4.69) is 21.2 Å². The van der Waals surface area contributed by atoms with Gasteiger partial charge in [0.25, 0.3) is 5.91 Å². The quantitative estimate of drug-likeness (QED) is 0.851. The number of carbonyl (C=O) groups is 1. The first-order valence-corrected chi connectivity index (χ1v) is 7.30. The highest BCUT2D eigenvalue weighted by atomic mass is 79.9. The van der Waals surface area contributed by atoms with Gasteiger partial charge in [-0.05, 0) is 47.0 Å². The van der Waals surface area contributed by atoms with Crippen LogP contribution in [0.4, 0.5) is 4.39 Å². The van der Waals surface area contributed by atoms with Gasteiger partial charge in [-0.25, -0.2) is 4.39 Å². The zero-order valence-corrected chi connectivity index (χ0v) is 12.6. The fraction of sp³-hybridized carbons (Fsp3) is 0.462. The Kier molecular flexibility index (Phi) is 4.81. The highest BCUT2D eigenvalue weighted by Gasteiger charge is 2.33. The number of rotatable bonds is 3. The predicted octanol–water partition coefficient (Wildman–Crippen LogP) is 3.11. The summed E-state index contributed by atoms with van der Waals surface area (Å²) in [5.41, 5.74) is -0.0261. The van der Waals surface area contributed by atoms with Gasteiger partial charge in [0.1, 0.15) is 5.82 Å². The molecule has 3 nitrogen and oxygen atoms in total. The van der Waals surface area contributed by atoms with E-state index in [1.165, 1.54) is 18.2 Å². The smallest absolute Gasteiger partial charge is 0.251 e. The van der Waals surface area contributed by atoms with Gasteiger partial charge in [-0.15, -0.1) is 11.6 Å². The molecule has 1 aliphatic rings. The Morgan fingerprint density at radius 3 is 2.74 bits per heavy atom. The molecule has 1 saturated heterocycles. The lowest BCUT2D eigenvalue weighted by molar-refractivity contribution is 0.0434. The fourth-order valence-corrected chi connectivity index (χ4v) is 2.72. The van der Waals surface area contributed by atoms with Crippen LogP contribution >= 0.6 is 27.5 Å². The molecule has 0 bridgehead atoms. The first-order chi connectivity index (χ1) is 9.06. The molecular formula is C13H14BrClFNO2. The molecule has 1 aliphatic heterocycles. The maximum absolute atomic E-state index is 13.1. The van der Waals surface area contributed by atoms with Gasteiger partial charge >= 0.3 is 0 Å². The molecule has 19 heavy (non-hydrogen) atoms. The summed E-state index contributed by atoms with van der Waals surface area (Å²) < 4.78 is 18.7. The van der Waals surface area contributed by atoms with Crippen molar-refractivity contribution < 1.29 is 13.9 Å². The standard InChI is InChI=1S/C13H14BrClFNO2/c14-10-7-9(1-2-11(10)16)12(18)17-13(8-15)3-5-19-6-4-13/h1-2,7H,3-6,8H2,(H,17,18). The normalized spacial score (nSPS) is 18.1. The lowest BCUT2D eigenvalue weighted by Gasteiger charge is -2.36. The van der Waals surface area contributed by atoms with Gasteiger partial charge < -0.3 is 10.1 Å². The second-order valence-electron chi connectivity index (χ2n) is 4.61. The van der Waals surface area contributed by atoms with Gasteiger partial charge in [0, 0.05) is 24.7 Å². The van der Waals surface area contributed by atoms with Gasteiger partial charge in [0.2, 0.25) is 0 Å². The fourth-order valence-electron chi connectivity index (χ4n) is 2.00. The van der Waals surface area contributed by atoms with Crippen molar-refractivity contribution in [1.29, 1.82) is 0 Å². The molecule has 1 fully saturated rings. The van der Waals surface area contributed by atoms with Crippen LogP contribution in [0.1, 0.15) is 23.2 Å². The zero-order chi connectivity index (χ0) is 13.9. The van der Waals surface area contributed by atoms with Crippen LogP contribution in [0.3, 0.4) is 0 Å². The molecule has 1 aromatic rings. The number of benzene rings is 1. The van der Waals surface area contributed by atoms with Crippen molar-refractivity contribution in [2.75, 3.05) is 19.1 Å². The SMILES string of the molecule is O=C(NC1(CCl)CCOCC1)c1ccc(F)c(Br)c1. The third-order valence-electron chi connectivity index (χ3n) is 3.27. The van der Waals surface area contributed by atoms with E-state index in [1.807, 2.05) is 0 Å². The topological polar surface area (TPSA) is 38.3 Å². The molecule has 0 spiro atoms. The van der Waals surface area contributed by atoms with Crippen LogP contribution in [0, 0.1) is 5.82 Å². The van der Waals surface area contributed by atoms with Gasteiger partial charge in [-0.1, -0.05) is 0 Å². The molecule has 1 heterocycles. The van der Waals surface area contributed by atoms with E-state index in [0.29, 0.717) is 37.5 Å². The maximum atomic E-state index is 13.1. The van der Waals surface area contributed by atoms with Crippen LogP contribution in [0.5, 0.6) is 0 Å². The third kappa shape index (κ3) is 3.46. The Morgan fingerprint density at radius 2 is 2.16 bits per heavy atom. The number of nitrogens with one attached hydrogen (secondary N) is 1. The average molecular weight is 351 g/mol. The van der Waals surface area contributed by atoms with Crippen molar-refractivity contribution in [3.05, 3.63) is 34.1 Å². The Labute approximate surface area is 124 Å². The molecule has 1 N–H and O–H groups in total. The number of halogens is 3. The molecule has 6 heteroatoms. The van der Waals surface area contributed by atoms with Crippen LogP contribution in [-0.4, -0.2) is 30.5 Å². The van der Waals surface area contributed by atoms with E-state index in [9.17, 15) is 9.18 Å². The molecular weight excluding hydrogens is 337 g/mol. The minimum Gasteiger partial charge on any atom is -0.381 e. The highest BCUT2D eigenvalue weighted by molar-refractivity contribution is 9.10. The third-order valence-corrected chi connectivity index (χ3v) is 4.39. The van der Waals surface area contributed by atoms with Gasteiger partial charge in [0.05, 0.1) is 10.0 Å². The van der Waals surface area contributed by atoms with E-state index in [4.69, 9.17) is 16.3 Å². The molecule has 0 unspecified atom stereocenters. The maximum Gasteiger partial charge on any atom is 0.251 e. The Morgan fingerprint density at radius 1 is 1.47 bits per heavy atom. The number of hydrogen-bond acceptors (Lipinski definition) is 2. The summed E-state index contributed by atoms with van der Waals surface area (Å²) in [5, 5.41) is 2.95. The van der Waals surface area contributed by atoms with Crippen LogP contribution in [0.2, 0.25) is 0 Å². The summed E-state index contributed by atoms with van der Waals surface area (Å²) in [6, 6.07) is 4.18. The average Bonchev–Trinajstić information content (AvgIpc) is 2.43. The van der Waals surface area contributed by atoms with Crippen molar-refractivity contribution in [3.63, 3.8) is 0 Å². The van der Waals surface area contributed by atoms with E-state index < -0.39 is 11.4 Å². The van der Waals surface area contributed by atoms with E-state index >= 15 is 0 Å². The monoisotopic (exact) mass is 349 g/mol. The molecule has 0 saturated carbocycles. The van der Waals surface area contributed by atoms with Crippen LogP contribution < -0.4 is 5.32 Å². The summed E-state index contributed by atoms with van der Waals surface area (Å²) in [5.74, 6) is -0.303. The minimum absolute atomic E-state index is 0.247. The first-order valence-electron chi connectivity index (χ1n) is 5.98. The largest absolute Gasteiger partial charge is 0.381 e. The Bertz CT molecular complexity index is 478. The summed E-state index contributed by atoms with van der Waals surface area (Å²) in [6.07, 6.45) is 1.37. The lowest BCUT2D eigenvalue weighted by atomic mass is 9.92. The van der Waals surface area contributed by atoms with Gasteiger partial charge in [-0.3, -0.25) is 4.79 Å². The van der Waals surface area contributed by atoms with E-state index in [0.717, 1.165) is 0 Å². The van der Waals surface area contributed by atoms with Crippen LogP contribution in [-0.2, 0) is 4.74 Å². The van der Waals surface area contributed by atoms with Crippen LogP contribution in [0.15, 0.2) is 22.7 Å². The molecule has 0 atom stereocenters. The van der Waals surface area contributed by atoms with Crippen molar-refractivity contribution >= 4 is 33.4 Å². The molecule has 1 amide bonds. The summed E-state index contributed by atoms with van der Waals surface area (Å²) in [7, 11) is 0. The van der Waals surface area contributed by atoms with E-state index in [-0.39, 0.29) is 10.4 Å². The van der Waals surface area contributed by atoms with Crippen molar-refractivity contribution in [1.82, 2.24) is 5.32 Å². The van der Waals surface area contributed by atoms with Crippen molar-refractivity contribution in [2.24, 2.45) is 0 Å². The molecule has 0 radical (unpaired) electrons. The second-order valence-corrected chi connectivity index (χ2v) is 5.73. The molecule has 0 aliphatic carbocycles. The minimum atomic E-state index is -0.433. The Hall–Kier alpha value is -0.650. The van der Waals surface area contributed by atoms with Gasteiger partial charge in [0.15, 0.2) is 0 Å². The summed E-state index contributed by atoms with van der Waals surface area (Å²) >= 11 is 9.05. The van der Waals surface area contributed by atoms with Gasteiger partial charge in [-0.2, -0.15) is 0 Å². The Balaban J connectivity index is 2.12. The van der Waals surface area contributed by atoms with Crippen molar-refractivity contribution in [3.8, 4) is 0 Å².